The highest BCUT2D eigenvalue weighted by Gasteiger charge is 2.30. The molecule has 1 fully saturated rings. The average molecular weight is 518 g/mol. The number of fused-ring (bicyclic) bond motifs is 1. The molecular weight excluding hydrogens is 481 g/mol. The van der Waals surface area contributed by atoms with Gasteiger partial charge in [-0.05, 0) is 84.7 Å². The Morgan fingerprint density at radius 1 is 1.16 bits per heavy atom. The predicted molar refractivity (Wildman–Crippen MR) is 147 cm³/mol. The minimum absolute atomic E-state index is 0.248. The van der Waals surface area contributed by atoms with Crippen LogP contribution in [0.25, 0.3) is 11.1 Å². The molecule has 2 aliphatic heterocycles. The largest absolute Gasteiger partial charge is 0.479 e. The minimum Gasteiger partial charge on any atom is -0.479 e. The monoisotopic (exact) mass is 517 g/mol. The molecule has 2 aromatic carbocycles. The molecule has 2 atom stereocenters. The first-order chi connectivity index (χ1) is 18.3. The summed E-state index contributed by atoms with van der Waals surface area (Å²) in [5, 5.41) is 9.41. The lowest BCUT2D eigenvalue weighted by atomic mass is 9.95. The summed E-state index contributed by atoms with van der Waals surface area (Å²) in [5.74, 6) is 1.07. The number of aryl methyl sites for hydroxylation is 1. The van der Waals surface area contributed by atoms with Crippen LogP contribution in [-0.2, 0) is 17.8 Å². The summed E-state index contributed by atoms with van der Waals surface area (Å²) in [6.07, 6.45) is 3.37. The van der Waals surface area contributed by atoms with Gasteiger partial charge in [0.05, 0.1) is 0 Å². The van der Waals surface area contributed by atoms with Gasteiger partial charge in [-0.3, -0.25) is 4.90 Å². The van der Waals surface area contributed by atoms with Crippen LogP contribution in [0, 0.1) is 18.7 Å². The Labute approximate surface area is 224 Å². The fourth-order valence-electron chi connectivity index (χ4n) is 5.80. The summed E-state index contributed by atoms with van der Waals surface area (Å²) < 4.78 is 19.5. The molecule has 1 saturated heterocycles. The third-order valence-electron chi connectivity index (χ3n) is 7.61. The van der Waals surface area contributed by atoms with Gasteiger partial charge in [-0.25, -0.2) is 14.2 Å². The molecule has 0 amide bonds. The Morgan fingerprint density at radius 3 is 2.71 bits per heavy atom. The van der Waals surface area contributed by atoms with Crippen LogP contribution in [0.15, 0.2) is 54.7 Å². The van der Waals surface area contributed by atoms with Crippen molar-refractivity contribution in [3.8, 4) is 16.9 Å². The quantitative estimate of drug-likeness (QED) is 0.433. The lowest BCUT2D eigenvalue weighted by molar-refractivity contribution is -0.145. The van der Waals surface area contributed by atoms with Gasteiger partial charge >= 0.3 is 5.97 Å². The number of piperazine rings is 1. The molecule has 0 saturated carbocycles. The van der Waals surface area contributed by atoms with Gasteiger partial charge in [0.25, 0.3) is 0 Å². The summed E-state index contributed by atoms with van der Waals surface area (Å²) in [4.78, 5) is 21.1. The number of carbonyl (C=O) groups is 1. The Bertz CT molecular complexity index is 1290. The summed E-state index contributed by atoms with van der Waals surface area (Å²) >= 11 is 0. The van der Waals surface area contributed by atoms with Crippen LogP contribution in [0.2, 0.25) is 0 Å². The molecule has 1 unspecified atom stereocenters. The number of aliphatic carboxylic acids is 1. The van der Waals surface area contributed by atoms with E-state index in [0.29, 0.717) is 18.4 Å². The molecular formula is C31H36FN3O3. The van der Waals surface area contributed by atoms with Crippen molar-refractivity contribution in [2.45, 2.75) is 58.7 Å². The van der Waals surface area contributed by atoms with Gasteiger partial charge in [0.1, 0.15) is 17.4 Å². The minimum atomic E-state index is -0.899. The molecule has 6 nitrogen and oxygen atoms in total. The molecule has 1 aromatic heterocycles. The number of rotatable bonds is 7. The van der Waals surface area contributed by atoms with Crippen molar-refractivity contribution in [1.82, 2.24) is 9.88 Å². The van der Waals surface area contributed by atoms with Crippen molar-refractivity contribution >= 4 is 11.8 Å². The maximum atomic E-state index is 13.7. The molecule has 5 rings (SSSR count). The summed E-state index contributed by atoms with van der Waals surface area (Å²) in [6, 6.07) is 15.3. The lowest BCUT2D eigenvalue weighted by Crippen LogP contribution is -2.53. The number of hydrogen-bond acceptors (Lipinski definition) is 5. The topological polar surface area (TPSA) is 65.9 Å². The molecule has 0 radical (unpaired) electrons. The Hall–Kier alpha value is -3.45. The Balaban J connectivity index is 1.30. The maximum absolute atomic E-state index is 13.7. The van der Waals surface area contributed by atoms with E-state index in [-0.39, 0.29) is 5.82 Å². The fourth-order valence-corrected chi connectivity index (χ4v) is 5.80. The van der Waals surface area contributed by atoms with E-state index in [0.717, 1.165) is 72.8 Å². The second-order valence-corrected chi connectivity index (χ2v) is 11.0. The van der Waals surface area contributed by atoms with Crippen LogP contribution >= 0.6 is 0 Å². The number of anilines is 1. The van der Waals surface area contributed by atoms with E-state index < -0.39 is 12.1 Å². The Kier molecular flexibility index (Phi) is 7.65. The van der Waals surface area contributed by atoms with Gasteiger partial charge in [0.15, 0.2) is 6.10 Å². The molecule has 38 heavy (non-hydrogen) atoms. The summed E-state index contributed by atoms with van der Waals surface area (Å²) in [6.45, 7) is 10.1. The van der Waals surface area contributed by atoms with Crippen LogP contribution < -0.4 is 9.64 Å². The van der Waals surface area contributed by atoms with Crippen LogP contribution in [0.4, 0.5) is 10.2 Å². The molecule has 0 spiro atoms. The first-order valence-electron chi connectivity index (χ1n) is 13.5. The van der Waals surface area contributed by atoms with Crippen LogP contribution in [0.5, 0.6) is 5.75 Å². The summed E-state index contributed by atoms with van der Waals surface area (Å²) in [5.41, 5.74) is 5.18. The molecule has 3 aromatic rings. The van der Waals surface area contributed by atoms with Crippen LogP contribution in [-0.4, -0.2) is 52.7 Å². The third-order valence-corrected chi connectivity index (χ3v) is 7.61. The van der Waals surface area contributed by atoms with Crippen LogP contribution in [0.3, 0.4) is 0 Å². The van der Waals surface area contributed by atoms with Crippen molar-refractivity contribution in [3.05, 3.63) is 77.2 Å². The fraction of sp³-hybridized carbons (Fsp3) is 0.419. The highest BCUT2D eigenvalue weighted by Crippen LogP contribution is 2.33. The van der Waals surface area contributed by atoms with Crippen molar-refractivity contribution in [3.63, 3.8) is 0 Å². The van der Waals surface area contributed by atoms with E-state index in [2.05, 4.69) is 36.6 Å². The van der Waals surface area contributed by atoms with Crippen LogP contribution in [0.1, 0.15) is 43.4 Å². The lowest BCUT2D eigenvalue weighted by Gasteiger charge is -2.43. The normalized spacial score (nSPS) is 19.8. The average Bonchev–Trinajstić information content (AvgIpc) is 2.88. The molecule has 3 heterocycles. The van der Waals surface area contributed by atoms with Crippen molar-refractivity contribution in [2.75, 3.05) is 24.5 Å². The molecule has 200 valence electrons. The second-order valence-electron chi connectivity index (χ2n) is 11.0. The van der Waals surface area contributed by atoms with Crippen molar-refractivity contribution < 1.29 is 19.0 Å². The van der Waals surface area contributed by atoms with Gasteiger partial charge in [-0.15, -0.1) is 0 Å². The number of hydrogen-bond donors (Lipinski definition) is 1. The van der Waals surface area contributed by atoms with E-state index in [1.54, 1.807) is 6.07 Å². The van der Waals surface area contributed by atoms with Gasteiger partial charge < -0.3 is 14.7 Å². The molecule has 7 heteroatoms. The van der Waals surface area contributed by atoms with Crippen molar-refractivity contribution in [2.24, 2.45) is 5.92 Å². The van der Waals surface area contributed by atoms with E-state index in [1.807, 2.05) is 30.5 Å². The first-order valence-corrected chi connectivity index (χ1v) is 13.5. The summed E-state index contributed by atoms with van der Waals surface area (Å²) in [7, 11) is 0. The van der Waals surface area contributed by atoms with E-state index >= 15 is 0 Å². The molecule has 0 aliphatic carbocycles. The predicted octanol–water partition coefficient (Wildman–Crippen LogP) is 5.71. The number of pyridine rings is 1. The molecule has 1 N–H and O–H groups in total. The maximum Gasteiger partial charge on any atom is 0.344 e. The van der Waals surface area contributed by atoms with Gasteiger partial charge in [0.2, 0.25) is 0 Å². The van der Waals surface area contributed by atoms with Gasteiger partial charge in [-0.1, -0.05) is 32.0 Å². The Morgan fingerprint density at radius 2 is 2.00 bits per heavy atom. The zero-order chi connectivity index (χ0) is 26.8. The number of benzene rings is 2. The van der Waals surface area contributed by atoms with Gasteiger partial charge in [-0.2, -0.15) is 0 Å². The van der Waals surface area contributed by atoms with Crippen molar-refractivity contribution in [1.29, 1.82) is 0 Å². The number of halogens is 1. The standard InChI is InChI=1S/C31H36FN3O3/c1-20(2)13-26-19-34(18-22-14-21(3)27-8-9-28(31(36)37)38-29(27)15-22)11-12-35(26)30-10-7-24(17-33-30)23-5-4-6-25(32)16-23/h4-7,10,14-17,20,26,28H,8-9,11-13,18-19H2,1-3H3,(H,36,37)/t26-,28?/m1/s1. The van der Waals surface area contributed by atoms with E-state index in [9.17, 15) is 14.3 Å². The zero-order valence-electron chi connectivity index (χ0n) is 22.4. The number of ether oxygens (including phenoxy) is 1. The SMILES string of the molecule is Cc1cc(CN2CCN(c3ccc(-c4cccc(F)c4)cn3)[C@H](CC(C)C)C2)cc2c1CCC(C(=O)O)O2. The number of aromatic nitrogens is 1. The third kappa shape index (κ3) is 5.83. The van der Waals surface area contributed by atoms with E-state index in [1.165, 1.54) is 17.7 Å². The first kappa shape index (κ1) is 26.2. The van der Waals surface area contributed by atoms with E-state index in [4.69, 9.17) is 9.72 Å². The van der Waals surface area contributed by atoms with Gasteiger partial charge in [0, 0.05) is 44.0 Å². The number of nitrogens with zero attached hydrogens (tertiary/aromatic N) is 3. The zero-order valence-corrected chi connectivity index (χ0v) is 22.4. The number of carboxylic acids is 1. The highest BCUT2D eigenvalue weighted by molar-refractivity contribution is 5.73. The molecule has 2 aliphatic rings. The smallest absolute Gasteiger partial charge is 0.344 e. The highest BCUT2D eigenvalue weighted by atomic mass is 19.1. The number of carboxylic acid groups (broad SMARTS) is 1. The second kappa shape index (κ2) is 11.1. The molecule has 0 bridgehead atoms.